The van der Waals surface area contributed by atoms with E-state index in [9.17, 15) is 4.39 Å². The van der Waals surface area contributed by atoms with Crippen molar-refractivity contribution in [3.8, 4) is 6.07 Å². The van der Waals surface area contributed by atoms with Crippen LogP contribution in [-0.2, 0) is 6.42 Å². The Labute approximate surface area is 92.9 Å². The summed E-state index contributed by atoms with van der Waals surface area (Å²) in [4.78, 5) is 0. The summed E-state index contributed by atoms with van der Waals surface area (Å²) in [5.74, 6) is -0.290. The third-order valence-electron chi connectivity index (χ3n) is 1.94. The zero-order valence-electron chi connectivity index (χ0n) is 7.05. The third-order valence-corrected chi connectivity index (χ3v) is 3.97. The van der Waals surface area contributed by atoms with Crippen LogP contribution in [0.25, 0.3) is 10.1 Å². The number of hydrogen-bond acceptors (Lipinski definition) is 2. The second-order valence-corrected chi connectivity index (χ2v) is 4.59. The average molecular weight is 270 g/mol. The third kappa shape index (κ3) is 1.54. The first kappa shape index (κ1) is 9.63. The standard InChI is InChI=1S/C10H5BrFNS/c11-9-5-14-10-6(1-2-13)3-7(12)4-8(9)10/h3-5H,1H2. The Hall–Kier alpha value is -0.920. The van der Waals surface area contributed by atoms with Gasteiger partial charge in [-0.25, -0.2) is 4.39 Å². The Morgan fingerprint density at radius 2 is 2.29 bits per heavy atom. The van der Waals surface area contributed by atoms with Gasteiger partial charge in [-0.15, -0.1) is 11.3 Å². The molecule has 1 nitrogen and oxygen atoms in total. The summed E-state index contributed by atoms with van der Waals surface area (Å²) >= 11 is 4.87. The van der Waals surface area contributed by atoms with Crippen LogP contribution < -0.4 is 0 Å². The molecular weight excluding hydrogens is 265 g/mol. The van der Waals surface area contributed by atoms with E-state index in [0.29, 0.717) is 0 Å². The summed E-state index contributed by atoms with van der Waals surface area (Å²) in [7, 11) is 0. The highest BCUT2D eigenvalue weighted by molar-refractivity contribution is 9.10. The van der Waals surface area contributed by atoms with E-state index >= 15 is 0 Å². The van der Waals surface area contributed by atoms with Gasteiger partial charge in [0.15, 0.2) is 0 Å². The summed E-state index contributed by atoms with van der Waals surface area (Å²) < 4.78 is 15.0. The summed E-state index contributed by atoms with van der Waals surface area (Å²) in [6.45, 7) is 0. The van der Waals surface area contributed by atoms with E-state index in [1.807, 2.05) is 11.4 Å². The maximum absolute atomic E-state index is 13.2. The molecule has 0 radical (unpaired) electrons. The normalized spacial score (nSPS) is 10.4. The van der Waals surface area contributed by atoms with E-state index in [1.54, 1.807) is 0 Å². The van der Waals surface area contributed by atoms with E-state index in [1.165, 1.54) is 23.5 Å². The fourth-order valence-electron chi connectivity index (χ4n) is 1.36. The van der Waals surface area contributed by atoms with Crippen LogP contribution in [0.2, 0.25) is 0 Å². The van der Waals surface area contributed by atoms with Crippen molar-refractivity contribution in [3.05, 3.63) is 33.4 Å². The van der Waals surface area contributed by atoms with Gasteiger partial charge in [-0.2, -0.15) is 5.26 Å². The smallest absolute Gasteiger partial charge is 0.124 e. The molecule has 0 aliphatic heterocycles. The van der Waals surface area contributed by atoms with Crippen LogP contribution >= 0.6 is 27.3 Å². The van der Waals surface area contributed by atoms with Gasteiger partial charge in [-0.3, -0.25) is 0 Å². The van der Waals surface area contributed by atoms with Crippen molar-refractivity contribution >= 4 is 37.4 Å². The van der Waals surface area contributed by atoms with Gasteiger partial charge in [0.05, 0.1) is 12.5 Å². The first-order valence-corrected chi connectivity index (χ1v) is 5.61. The maximum atomic E-state index is 13.2. The molecule has 0 aliphatic carbocycles. The summed E-state index contributed by atoms with van der Waals surface area (Å²) in [5, 5.41) is 11.4. The molecule has 1 aromatic heterocycles. The minimum Gasteiger partial charge on any atom is -0.207 e. The highest BCUT2D eigenvalue weighted by Gasteiger charge is 2.08. The molecule has 0 N–H and O–H groups in total. The number of hydrogen-bond donors (Lipinski definition) is 0. The van der Waals surface area contributed by atoms with Crippen molar-refractivity contribution in [1.29, 1.82) is 5.26 Å². The molecular formula is C10H5BrFNS. The lowest BCUT2D eigenvalue weighted by atomic mass is 10.1. The number of benzene rings is 1. The van der Waals surface area contributed by atoms with Crippen molar-refractivity contribution in [2.24, 2.45) is 0 Å². The number of nitrogens with zero attached hydrogens (tertiary/aromatic N) is 1. The summed E-state index contributed by atoms with van der Waals surface area (Å²) in [6.07, 6.45) is 0.251. The molecule has 0 unspecified atom stereocenters. The van der Waals surface area contributed by atoms with Crippen LogP contribution in [-0.4, -0.2) is 0 Å². The van der Waals surface area contributed by atoms with E-state index in [0.717, 1.165) is 20.1 Å². The van der Waals surface area contributed by atoms with Crippen molar-refractivity contribution in [2.45, 2.75) is 6.42 Å². The molecule has 14 heavy (non-hydrogen) atoms. The summed E-state index contributed by atoms with van der Waals surface area (Å²) in [5.41, 5.74) is 0.762. The molecule has 0 spiro atoms. The van der Waals surface area contributed by atoms with Crippen LogP contribution in [0.15, 0.2) is 22.0 Å². The molecule has 0 amide bonds. The molecule has 1 aromatic carbocycles. The van der Waals surface area contributed by atoms with E-state index < -0.39 is 0 Å². The van der Waals surface area contributed by atoms with Crippen LogP contribution in [0.4, 0.5) is 4.39 Å². The molecule has 0 saturated carbocycles. The van der Waals surface area contributed by atoms with Crippen molar-refractivity contribution in [3.63, 3.8) is 0 Å². The van der Waals surface area contributed by atoms with Crippen LogP contribution in [0.5, 0.6) is 0 Å². The molecule has 0 fully saturated rings. The van der Waals surface area contributed by atoms with Crippen molar-refractivity contribution in [1.82, 2.24) is 0 Å². The number of thiophene rings is 1. The van der Waals surface area contributed by atoms with Gasteiger partial charge in [-0.05, 0) is 33.6 Å². The van der Waals surface area contributed by atoms with Crippen molar-refractivity contribution < 1.29 is 4.39 Å². The quantitative estimate of drug-likeness (QED) is 0.771. The Balaban J connectivity index is 2.76. The van der Waals surface area contributed by atoms with Gasteiger partial charge in [0.2, 0.25) is 0 Å². The van der Waals surface area contributed by atoms with E-state index in [4.69, 9.17) is 5.26 Å². The van der Waals surface area contributed by atoms with Gasteiger partial charge in [-0.1, -0.05) is 0 Å². The Morgan fingerprint density at radius 3 is 3.00 bits per heavy atom. The molecule has 0 atom stereocenters. The zero-order valence-corrected chi connectivity index (χ0v) is 9.45. The van der Waals surface area contributed by atoms with Gasteiger partial charge < -0.3 is 0 Å². The maximum Gasteiger partial charge on any atom is 0.124 e. The topological polar surface area (TPSA) is 23.8 Å². The van der Waals surface area contributed by atoms with Gasteiger partial charge in [0.25, 0.3) is 0 Å². The Bertz CT molecular complexity index is 527. The Kier molecular flexibility index (Phi) is 2.53. The minimum absolute atomic E-state index is 0.251. The molecule has 70 valence electrons. The summed E-state index contributed by atoms with van der Waals surface area (Å²) in [6, 6.07) is 4.95. The van der Waals surface area contributed by atoms with Crippen LogP contribution in [0, 0.1) is 17.1 Å². The van der Waals surface area contributed by atoms with Crippen LogP contribution in [0.3, 0.4) is 0 Å². The van der Waals surface area contributed by atoms with E-state index in [-0.39, 0.29) is 12.2 Å². The van der Waals surface area contributed by atoms with Gasteiger partial charge in [0, 0.05) is 19.9 Å². The lowest BCUT2D eigenvalue weighted by Gasteiger charge is -1.98. The molecule has 0 bridgehead atoms. The fraction of sp³-hybridized carbons (Fsp3) is 0.100. The largest absolute Gasteiger partial charge is 0.207 e. The second kappa shape index (κ2) is 3.68. The minimum atomic E-state index is -0.290. The average Bonchev–Trinajstić information content (AvgIpc) is 2.49. The molecule has 4 heteroatoms. The zero-order chi connectivity index (χ0) is 10.1. The first-order valence-electron chi connectivity index (χ1n) is 3.94. The first-order chi connectivity index (χ1) is 6.72. The second-order valence-electron chi connectivity index (χ2n) is 2.86. The molecule has 1 heterocycles. The van der Waals surface area contributed by atoms with E-state index in [2.05, 4.69) is 15.9 Å². The highest BCUT2D eigenvalue weighted by Crippen LogP contribution is 2.33. The number of fused-ring (bicyclic) bond motifs is 1. The highest BCUT2D eigenvalue weighted by atomic mass is 79.9. The number of rotatable bonds is 1. The Morgan fingerprint density at radius 1 is 1.50 bits per heavy atom. The lowest BCUT2D eigenvalue weighted by Crippen LogP contribution is -1.84. The molecule has 2 aromatic rings. The molecule has 0 saturated heterocycles. The number of nitriles is 1. The van der Waals surface area contributed by atoms with Gasteiger partial charge >= 0.3 is 0 Å². The fourth-order valence-corrected chi connectivity index (χ4v) is 3.01. The predicted octanol–water partition coefficient (Wildman–Crippen LogP) is 3.87. The van der Waals surface area contributed by atoms with Crippen molar-refractivity contribution in [2.75, 3.05) is 0 Å². The number of halogens is 2. The lowest BCUT2D eigenvalue weighted by molar-refractivity contribution is 0.628. The SMILES string of the molecule is N#CCc1cc(F)cc2c(Br)csc12. The van der Waals surface area contributed by atoms with Gasteiger partial charge in [0.1, 0.15) is 5.82 Å². The monoisotopic (exact) mass is 269 g/mol. The van der Waals surface area contributed by atoms with Crippen LogP contribution in [0.1, 0.15) is 5.56 Å². The molecule has 2 rings (SSSR count). The predicted molar refractivity (Wildman–Crippen MR) is 58.8 cm³/mol. The molecule has 0 aliphatic rings.